The zero-order valence-corrected chi connectivity index (χ0v) is 12.9. The first-order chi connectivity index (χ1) is 11.3. The van der Waals surface area contributed by atoms with Gasteiger partial charge in [-0.05, 0) is 43.2 Å². The van der Waals surface area contributed by atoms with Crippen LogP contribution in [0.2, 0.25) is 0 Å². The lowest BCUT2D eigenvalue weighted by Gasteiger charge is -2.15. The molecular formula is C18H13F5O. The second kappa shape index (κ2) is 5.61. The van der Waals surface area contributed by atoms with E-state index in [9.17, 15) is 22.0 Å². The molecule has 24 heavy (non-hydrogen) atoms. The first-order valence-corrected chi connectivity index (χ1v) is 7.33. The Balaban J connectivity index is 2.36. The van der Waals surface area contributed by atoms with Crippen molar-refractivity contribution in [2.24, 2.45) is 0 Å². The van der Waals surface area contributed by atoms with E-state index < -0.39 is 34.5 Å². The molecule has 126 valence electrons. The van der Waals surface area contributed by atoms with Crippen molar-refractivity contribution in [3.63, 3.8) is 0 Å². The number of alkyl halides is 2. The van der Waals surface area contributed by atoms with Crippen LogP contribution in [0, 0.1) is 17.5 Å². The van der Waals surface area contributed by atoms with Crippen LogP contribution in [0.3, 0.4) is 0 Å². The van der Waals surface area contributed by atoms with E-state index in [2.05, 4.69) is 0 Å². The van der Waals surface area contributed by atoms with Crippen molar-refractivity contribution >= 4 is 6.08 Å². The summed E-state index contributed by atoms with van der Waals surface area (Å²) in [5.41, 5.74) is -2.69. The fourth-order valence-corrected chi connectivity index (χ4v) is 2.95. The van der Waals surface area contributed by atoms with Gasteiger partial charge in [0.25, 0.3) is 0 Å². The van der Waals surface area contributed by atoms with Gasteiger partial charge in [-0.1, -0.05) is 12.2 Å². The van der Waals surface area contributed by atoms with Crippen LogP contribution in [0.25, 0.3) is 17.2 Å². The van der Waals surface area contributed by atoms with Crippen molar-refractivity contribution in [2.45, 2.75) is 19.8 Å². The lowest BCUT2D eigenvalue weighted by Crippen LogP contribution is -2.16. The first-order valence-electron chi connectivity index (χ1n) is 7.33. The summed E-state index contributed by atoms with van der Waals surface area (Å²) < 4.78 is 77.1. The lowest BCUT2D eigenvalue weighted by atomic mass is 10.0. The fraction of sp³-hybridized carbons (Fsp3) is 0.222. The van der Waals surface area contributed by atoms with Gasteiger partial charge < -0.3 is 4.74 Å². The Morgan fingerprint density at radius 2 is 1.67 bits per heavy atom. The molecule has 0 saturated heterocycles. The van der Waals surface area contributed by atoms with E-state index in [-0.39, 0.29) is 29.0 Å². The molecule has 2 aromatic rings. The average molecular weight is 340 g/mol. The van der Waals surface area contributed by atoms with Gasteiger partial charge in [0.2, 0.25) is 0 Å². The van der Waals surface area contributed by atoms with Gasteiger partial charge in [-0.3, -0.25) is 0 Å². The normalized spacial score (nSPS) is 14.8. The molecule has 1 aliphatic carbocycles. The summed E-state index contributed by atoms with van der Waals surface area (Å²) in [7, 11) is 0. The maximum absolute atomic E-state index is 14.6. The molecule has 0 fully saturated rings. The van der Waals surface area contributed by atoms with Crippen LogP contribution in [-0.4, -0.2) is 6.61 Å². The Hall–Kier alpha value is -2.37. The molecule has 6 heteroatoms. The molecule has 0 saturated carbocycles. The van der Waals surface area contributed by atoms with Crippen LogP contribution in [0.5, 0.6) is 5.75 Å². The van der Waals surface area contributed by atoms with Gasteiger partial charge in [0.05, 0.1) is 17.7 Å². The topological polar surface area (TPSA) is 9.23 Å². The Bertz CT molecular complexity index is 855. The van der Waals surface area contributed by atoms with Crippen LogP contribution in [0.4, 0.5) is 22.0 Å². The molecule has 0 amide bonds. The minimum Gasteiger partial charge on any atom is -0.491 e. The van der Waals surface area contributed by atoms with Gasteiger partial charge >= 0.3 is 5.92 Å². The van der Waals surface area contributed by atoms with E-state index in [0.29, 0.717) is 0 Å². The Labute approximate surface area is 135 Å². The van der Waals surface area contributed by atoms with Crippen LogP contribution >= 0.6 is 0 Å². The Morgan fingerprint density at radius 1 is 1.00 bits per heavy atom. The van der Waals surface area contributed by atoms with Gasteiger partial charge in [0, 0.05) is 5.56 Å². The highest BCUT2D eigenvalue weighted by Gasteiger charge is 2.50. The number of rotatable bonds is 3. The van der Waals surface area contributed by atoms with Gasteiger partial charge in [0.15, 0.2) is 23.2 Å². The number of hydrogen-bond acceptors (Lipinski definition) is 1. The third-order valence-electron chi connectivity index (χ3n) is 3.91. The Morgan fingerprint density at radius 3 is 2.29 bits per heavy atom. The van der Waals surface area contributed by atoms with Gasteiger partial charge in [-0.25, -0.2) is 13.2 Å². The van der Waals surface area contributed by atoms with Gasteiger partial charge in [-0.15, -0.1) is 0 Å². The van der Waals surface area contributed by atoms with Crippen molar-refractivity contribution < 1.29 is 26.7 Å². The third-order valence-corrected chi connectivity index (χ3v) is 3.91. The minimum absolute atomic E-state index is 0.0860. The molecule has 0 atom stereocenters. The summed E-state index contributed by atoms with van der Waals surface area (Å²) in [4.78, 5) is 0. The van der Waals surface area contributed by atoms with E-state index in [1.807, 2.05) is 0 Å². The molecule has 0 radical (unpaired) electrons. The van der Waals surface area contributed by atoms with Crippen molar-refractivity contribution in [3.8, 4) is 16.9 Å². The van der Waals surface area contributed by atoms with E-state index >= 15 is 0 Å². The van der Waals surface area contributed by atoms with Crippen LogP contribution < -0.4 is 4.74 Å². The highest BCUT2D eigenvalue weighted by molar-refractivity contribution is 5.82. The predicted octanol–water partition coefficient (Wildman–Crippen LogP) is 5.66. The second-order valence-electron chi connectivity index (χ2n) is 5.32. The van der Waals surface area contributed by atoms with Crippen molar-refractivity contribution in [1.82, 2.24) is 0 Å². The monoisotopic (exact) mass is 340 g/mol. The number of allylic oxidation sites excluding steroid dienone is 1. The molecule has 0 spiro atoms. The molecule has 0 heterocycles. The van der Waals surface area contributed by atoms with Crippen molar-refractivity contribution in [3.05, 3.63) is 58.4 Å². The molecule has 0 N–H and O–H groups in total. The summed E-state index contributed by atoms with van der Waals surface area (Å²) in [6.45, 7) is 3.25. The van der Waals surface area contributed by atoms with Crippen LogP contribution in [-0.2, 0) is 5.92 Å². The third kappa shape index (κ3) is 2.12. The SMILES string of the molecule is CC=Cc1cc2c(c(F)c1F)C(F)(F)c1c-2ccc(OCC)c1F. The summed E-state index contributed by atoms with van der Waals surface area (Å²) in [6.07, 6.45) is 2.72. The number of fused-ring (bicyclic) bond motifs is 3. The summed E-state index contributed by atoms with van der Waals surface area (Å²) in [5, 5.41) is 0. The molecule has 0 bridgehead atoms. The number of ether oxygens (including phenoxy) is 1. The highest BCUT2D eigenvalue weighted by atomic mass is 19.3. The van der Waals surface area contributed by atoms with Crippen LogP contribution in [0.15, 0.2) is 24.3 Å². The van der Waals surface area contributed by atoms with Gasteiger partial charge in [0.1, 0.15) is 0 Å². The molecule has 3 rings (SSSR count). The fourth-order valence-electron chi connectivity index (χ4n) is 2.95. The van der Waals surface area contributed by atoms with E-state index in [4.69, 9.17) is 4.74 Å². The smallest absolute Gasteiger partial charge is 0.305 e. The standard InChI is InChI=1S/C18H13F5O/c1-3-5-9-8-11-10-6-7-12(24-4-2)16(20)13(10)18(22,23)14(11)17(21)15(9)19/h3,5-8H,4H2,1-2H3. The molecule has 2 aromatic carbocycles. The Kier molecular flexibility index (Phi) is 3.86. The average Bonchev–Trinajstić information content (AvgIpc) is 2.75. The molecule has 0 aliphatic heterocycles. The maximum Gasteiger partial charge on any atom is 0.305 e. The summed E-state index contributed by atoms with van der Waals surface area (Å²) in [6, 6.07) is 3.55. The molecule has 0 aromatic heterocycles. The number of benzene rings is 2. The molecule has 1 nitrogen and oxygen atoms in total. The lowest BCUT2D eigenvalue weighted by molar-refractivity contribution is 0.0391. The van der Waals surface area contributed by atoms with Crippen LogP contribution in [0.1, 0.15) is 30.5 Å². The second-order valence-corrected chi connectivity index (χ2v) is 5.32. The van der Waals surface area contributed by atoms with E-state index in [0.717, 1.165) is 6.07 Å². The quantitative estimate of drug-likeness (QED) is 0.656. The van der Waals surface area contributed by atoms with E-state index in [1.165, 1.54) is 24.3 Å². The predicted molar refractivity (Wildman–Crippen MR) is 80.6 cm³/mol. The molecule has 0 unspecified atom stereocenters. The largest absolute Gasteiger partial charge is 0.491 e. The number of hydrogen-bond donors (Lipinski definition) is 0. The zero-order valence-electron chi connectivity index (χ0n) is 12.9. The minimum atomic E-state index is -3.98. The van der Waals surface area contributed by atoms with E-state index in [1.54, 1.807) is 13.8 Å². The van der Waals surface area contributed by atoms with Gasteiger partial charge in [-0.2, -0.15) is 8.78 Å². The summed E-state index contributed by atoms with van der Waals surface area (Å²) >= 11 is 0. The van der Waals surface area contributed by atoms with Crippen molar-refractivity contribution in [1.29, 1.82) is 0 Å². The highest BCUT2D eigenvalue weighted by Crippen LogP contribution is 2.54. The maximum atomic E-state index is 14.6. The number of halogens is 5. The molecule has 1 aliphatic rings. The first kappa shape index (κ1) is 16.5. The summed E-state index contributed by atoms with van der Waals surface area (Å²) in [5.74, 6) is -8.65. The van der Waals surface area contributed by atoms with Crippen molar-refractivity contribution in [2.75, 3.05) is 6.61 Å². The molecular weight excluding hydrogens is 327 g/mol. The zero-order chi connectivity index (χ0) is 17.6.